The molecular formula is C17H17ClFN. The standard InChI is InChI=1S/C17H17ClFN/c1-12-3-2-4-14(7-12)17(10-20-11-17)9-13-5-6-16(19)15(18)8-13/h2-8,20H,9-11H2,1H3. The average molecular weight is 290 g/mol. The third-order valence-electron chi connectivity index (χ3n) is 4.08. The van der Waals surface area contributed by atoms with E-state index in [-0.39, 0.29) is 16.3 Å². The minimum Gasteiger partial charge on any atom is -0.315 e. The topological polar surface area (TPSA) is 12.0 Å². The Bertz CT molecular complexity index is 635. The molecule has 1 aliphatic rings. The van der Waals surface area contributed by atoms with Gasteiger partial charge in [-0.15, -0.1) is 0 Å². The minimum atomic E-state index is -0.355. The van der Waals surface area contributed by atoms with Crippen LogP contribution in [0.3, 0.4) is 0 Å². The highest BCUT2D eigenvalue weighted by Crippen LogP contribution is 2.33. The van der Waals surface area contributed by atoms with E-state index >= 15 is 0 Å². The van der Waals surface area contributed by atoms with Gasteiger partial charge in [0.2, 0.25) is 0 Å². The molecule has 0 bridgehead atoms. The number of halogens is 2. The van der Waals surface area contributed by atoms with Crippen LogP contribution in [0.2, 0.25) is 5.02 Å². The summed E-state index contributed by atoms with van der Waals surface area (Å²) in [4.78, 5) is 0. The second-order valence-corrected chi connectivity index (χ2v) is 6.09. The minimum absolute atomic E-state index is 0.104. The number of hydrogen-bond donors (Lipinski definition) is 1. The zero-order valence-corrected chi connectivity index (χ0v) is 12.2. The van der Waals surface area contributed by atoms with E-state index in [0.29, 0.717) is 0 Å². The molecule has 0 amide bonds. The summed E-state index contributed by atoms with van der Waals surface area (Å²) in [7, 11) is 0. The molecular weight excluding hydrogens is 273 g/mol. The average Bonchev–Trinajstić information content (AvgIpc) is 2.38. The Kier molecular flexibility index (Phi) is 3.53. The van der Waals surface area contributed by atoms with Gasteiger partial charge in [-0.3, -0.25) is 0 Å². The molecule has 0 radical (unpaired) electrons. The van der Waals surface area contributed by atoms with Crippen LogP contribution >= 0.6 is 11.6 Å². The molecule has 1 aliphatic heterocycles. The van der Waals surface area contributed by atoms with Crippen LogP contribution in [0.15, 0.2) is 42.5 Å². The van der Waals surface area contributed by atoms with Crippen LogP contribution in [0.5, 0.6) is 0 Å². The van der Waals surface area contributed by atoms with Crippen molar-refractivity contribution in [2.75, 3.05) is 13.1 Å². The third-order valence-corrected chi connectivity index (χ3v) is 4.37. The second kappa shape index (κ2) is 5.19. The van der Waals surface area contributed by atoms with Gasteiger partial charge in [-0.1, -0.05) is 47.5 Å². The van der Waals surface area contributed by atoms with Crippen LogP contribution in [-0.4, -0.2) is 13.1 Å². The molecule has 3 rings (SSSR count). The normalized spacial score (nSPS) is 16.8. The number of rotatable bonds is 3. The van der Waals surface area contributed by atoms with Gasteiger partial charge in [0, 0.05) is 18.5 Å². The first-order valence-electron chi connectivity index (χ1n) is 6.81. The highest BCUT2D eigenvalue weighted by Gasteiger charge is 2.38. The van der Waals surface area contributed by atoms with E-state index in [4.69, 9.17) is 11.6 Å². The molecule has 1 saturated heterocycles. The molecule has 3 heteroatoms. The third kappa shape index (κ3) is 2.46. The van der Waals surface area contributed by atoms with E-state index in [2.05, 4.69) is 36.5 Å². The maximum Gasteiger partial charge on any atom is 0.141 e. The Morgan fingerprint density at radius 1 is 1.20 bits per heavy atom. The van der Waals surface area contributed by atoms with E-state index in [1.165, 1.54) is 17.2 Å². The maximum absolute atomic E-state index is 13.3. The van der Waals surface area contributed by atoms with Crippen LogP contribution in [0.4, 0.5) is 4.39 Å². The van der Waals surface area contributed by atoms with Gasteiger partial charge in [-0.05, 0) is 36.6 Å². The molecule has 0 unspecified atom stereocenters. The SMILES string of the molecule is Cc1cccc(C2(Cc3ccc(F)c(Cl)c3)CNC2)c1. The Labute approximate surface area is 123 Å². The van der Waals surface area contributed by atoms with E-state index in [1.807, 2.05) is 6.07 Å². The molecule has 0 saturated carbocycles. The molecule has 1 heterocycles. The molecule has 2 aromatic rings. The van der Waals surface area contributed by atoms with Gasteiger partial charge in [0.1, 0.15) is 5.82 Å². The predicted molar refractivity (Wildman–Crippen MR) is 80.8 cm³/mol. The van der Waals surface area contributed by atoms with E-state index in [1.54, 1.807) is 6.07 Å². The molecule has 0 aromatic heterocycles. The summed E-state index contributed by atoms with van der Waals surface area (Å²) in [5.41, 5.74) is 3.80. The predicted octanol–water partition coefficient (Wildman–Crippen LogP) is 3.87. The van der Waals surface area contributed by atoms with Crippen molar-refractivity contribution in [3.8, 4) is 0 Å². The number of hydrogen-bond acceptors (Lipinski definition) is 1. The summed E-state index contributed by atoms with van der Waals surface area (Å²) in [6.07, 6.45) is 0.878. The monoisotopic (exact) mass is 289 g/mol. The Balaban J connectivity index is 1.91. The molecule has 104 valence electrons. The molecule has 1 nitrogen and oxygen atoms in total. The summed E-state index contributed by atoms with van der Waals surface area (Å²) in [6, 6.07) is 13.7. The van der Waals surface area contributed by atoms with E-state index in [9.17, 15) is 4.39 Å². The van der Waals surface area contributed by atoms with Gasteiger partial charge in [0.05, 0.1) is 5.02 Å². The first-order chi connectivity index (χ1) is 9.59. The summed E-state index contributed by atoms with van der Waals surface area (Å²) in [6.45, 7) is 4.01. The van der Waals surface area contributed by atoms with Crippen molar-refractivity contribution in [3.05, 3.63) is 70.0 Å². The summed E-state index contributed by atoms with van der Waals surface area (Å²) in [5, 5.41) is 3.56. The lowest BCUT2D eigenvalue weighted by Gasteiger charge is -2.43. The zero-order valence-electron chi connectivity index (χ0n) is 11.4. The van der Waals surface area contributed by atoms with Crippen molar-refractivity contribution >= 4 is 11.6 Å². The van der Waals surface area contributed by atoms with Gasteiger partial charge in [0.25, 0.3) is 0 Å². The van der Waals surface area contributed by atoms with Crippen molar-refractivity contribution in [2.45, 2.75) is 18.8 Å². The quantitative estimate of drug-likeness (QED) is 0.904. The lowest BCUT2D eigenvalue weighted by molar-refractivity contribution is 0.274. The zero-order chi connectivity index (χ0) is 14.2. The number of aryl methyl sites for hydroxylation is 1. The van der Waals surface area contributed by atoms with Gasteiger partial charge in [-0.25, -0.2) is 4.39 Å². The number of nitrogens with one attached hydrogen (secondary N) is 1. The fraction of sp³-hybridized carbons (Fsp3) is 0.294. The summed E-state index contributed by atoms with van der Waals surface area (Å²) >= 11 is 5.88. The Hall–Kier alpha value is -1.38. The van der Waals surface area contributed by atoms with Crippen LogP contribution < -0.4 is 5.32 Å². The molecule has 0 aliphatic carbocycles. The van der Waals surface area contributed by atoms with Crippen LogP contribution in [0.25, 0.3) is 0 Å². The smallest absolute Gasteiger partial charge is 0.141 e. The molecule has 0 spiro atoms. The molecule has 20 heavy (non-hydrogen) atoms. The highest BCUT2D eigenvalue weighted by molar-refractivity contribution is 6.30. The summed E-state index contributed by atoms with van der Waals surface area (Å²) in [5.74, 6) is -0.355. The Morgan fingerprint density at radius 2 is 2.00 bits per heavy atom. The van der Waals surface area contributed by atoms with Crippen LogP contribution in [-0.2, 0) is 11.8 Å². The number of benzene rings is 2. The van der Waals surface area contributed by atoms with Crippen LogP contribution in [0, 0.1) is 12.7 Å². The first kappa shape index (κ1) is 13.6. The fourth-order valence-corrected chi connectivity index (χ4v) is 3.08. The van der Waals surface area contributed by atoms with Gasteiger partial charge < -0.3 is 5.32 Å². The highest BCUT2D eigenvalue weighted by atomic mass is 35.5. The van der Waals surface area contributed by atoms with Crippen molar-refractivity contribution in [1.29, 1.82) is 0 Å². The fourth-order valence-electron chi connectivity index (χ4n) is 2.87. The lowest BCUT2D eigenvalue weighted by atomic mass is 9.71. The van der Waals surface area contributed by atoms with E-state index in [0.717, 1.165) is 25.1 Å². The molecule has 1 N–H and O–H groups in total. The second-order valence-electron chi connectivity index (χ2n) is 5.68. The molecule has 2 aromatic carbocycles. The van der Waals surface area contributed by atoms with E-state index < -0.39 is 0 Å². The summed E-state index contributed by atoms with van der Waals surface area (Å²) < 4.78 is 13.3. The van der Waals surface area contributed by atoms with Gasteiger partial charge in [-0.2, -0.15) is 0 Å². The van der Waals surface area contributed by atoms with Gasteiger partial charge in [0.15, 0.2) is 0 Å². The maximum atomic E-state index is 13.3. The Morgan fingerprint density at radius 3 is 2.60 bits per heavy atom. The largest absolute Gasteiger partial charge is 0.315 e. The molecule has 0 atom stereocenters. The van der Waals surface area contributed by atoms with Crippen molar-refractivity contribution in [1.82, 2.24) is 5.32 Å². The first-order valence-corrected chi connectivity index (χ1v) is 7.19. The van der Waals surface area contributed by atoms with Crippen molar-refractivity contribution in [2.24, 2.45) is 0 Å². The van der Waals surface area contributed by atoms with Crippen molar-refractivity contribution in [3.63, 3.8) is 0 Å². The van der Waals surface area contributed by atoms with Crippen molar-refractivity contribution < 1.29 is 4.39 Å². The van der Waals surface area contributed by atoms with Crippen LogP contribution in [0.1, 0.15) is 16.7 Å². The molecule has 1 fully saturated rings. The van der Waals surface area contributed by atoms with Gasteiger partial charge >= 0.3 is 0 Å². The lowest BCUT2D eigenvalue weighted by Crippen LogP contribution is -2.58.